The van der Waals surface area contributed by atoms with Gasteiger partial charge in [0.25, 0.3) is 5.91 Å². The predicted octanol–water partition coefficient (Wildman–Crippen LogP) is 3.64. The first-order chi connectivity index (χ1) is 13.9. The summed E-state index contributed by atoms with van der Waals surface area (Å²) >= 11 is 6.22. The van der Waals surface area contributed by atoms with Crippen LogP contribution in [0.4, 0.5) is 10.1 Å². The normalized spacial score (nSPS) is 14.3. The first-order valence-electron chi connectivity index (χ1n) is 9.42. The molecule has 0 radical (unpaired) electrons. The van der Waals surface area contributed by atoms with E-state index < -0.39 is 0 Å². The Morgan fingerprint density at radius 2 is 1.66 bits per heavy atom. The largest absolute Gasteiger partial charge is 0.368 e. The summed E-state index contributed by atoms with van der Waals surface area (Å²) in [5.41, 5.74) is 3.72. The zero-order chi connectivity index (χ0) is 20.5. The second-order valence-electron chi connectivity index (χ2n) is 7.12. The van der Waals surface area contributed by atoms with Crippen molar-refractivity contribution in [2.24, 2.45) is 0 Å². The number of carbonyl (C=O) groups is 1. The Labute approximate surface area is 173 Å². The smallest absolute Gasteiger partial charge is 0.276 e. The maximum atomic E-state index is 13.1. The molecule has 1 amide bonds. The molecular weight excluding hydrogens is 393 g/mol. The summed E-state index contributed by atoms with van der Waals surface area (Å²) in [6, 6.07) is 12.0. The van der Waals surface area contributed by atoms with Gasteiger partial charge in [-0.25, -0.2) is 9.07 Å². The third-order valence-corrected chi connectivity index (χ3v) is 5.66. The van der Waals surface area contributed by atoms with Gasteiger partial charge in [-0.05, 0) is 55.8 Å². The van der Waals surface area contributed by atoms with Gasteiger partial charge in [0.15, 0.2) is 5.69 Å². The van der Waals surface area contributed by atoms with Gasteiger partial charge in [-0.3, -0.25) is 4.79 Å². The van der Waals surface area contributed by atoms with E-state index in [1.165, 1.54) is 12.1 Å². The second-order valence-corrected chi connectivity index (χ2v) is 7.53. The molecule has 0 N–H and O–H groups in total. The molecule has 1 aliphatic heterocycles. The second kappa shape index (κ2) is 7.83. The number of benzene rings is 2. The maximum Gasteiger partial charge on any atom is 0.276 e. The lowest BCUT2D eigenvalue weighted by Crippen LogP contribution is -2.49. The number of piperazine rings is 1. The summed E-state index contributed by atoms with van der Waals surface area (Å²) in [6.45, 7) is 6.25. The van der Waals surface area contributed by atoms with E-state index in [1.807, 2.05) is 32.0 Å². The van der Waals surface area contributed by atoms with E-state index in [-0.39, 0.29) is 11.7 Å². The van der Waals surface area contributed by atoms with Crippen LogP contribution in [0.15, 0.2) is 42.5 Å². The summed E-state index contributed by atoms with van der Waals surface area (Å²) in [7, 11) is 0. The Kier molecular flexibility index (Phi) is 5.24. The highest BCUT2D eigenvalue weighted by atomic mass is 35.5. The Bertz CT molecular complexity index is 1040. The monoisotopic (exact) mass is 413 g/mol. The molecule has 1 saturated heterocycles. The van der Waals surface area contributed by atoms with Crippen molar-refractivity contribution in [2.45, 2.75) is 13.8 Å². The number of hydrogen-bond donors (Lipinski definition) is 0. The predicted molar refractivity (Wildman–Crippen MR) is 110 cm³/mol. The van der Waals surface area contributed by atoms with Crippen LogP contribution in [-0.2, 0) is 0 Å². The number of anilines is 1. The topological polar surface area (TPSA) is 54.3 Å². The van der Waals surface area contributed by atoms with Gasteiger partial charge in [-0.15, -0.1) is 5.10 Å². The van der Waals surface area contributed by atoms with Crippen molar-refractivity contribution in [3.63, 3.8) is 0 Å². The zero-order valence-corrected chi connectivity index (χ0v) is 17.0. The van der Waals surface area contributed by atoms with E-state index >= 15 is 0 Å². The van der Waals surface area contributed by atoms with Crippen molar-refractivity contribution in [3.05, 3.63) is 70.3 Å². The van der Waals surface area contributed by atoms with Crippen LogP contribution >= 0.6 is 11.6 Å². The summed E-state index contributed by atoms with van der Waals surface area (Å²) in [4.78, 5) is 16.9. The standard InChI is InChI=1S/C21H21ClFN5O/c1-14-3-6-18(13-19(14)22)28-15(2)20(24-25-28)21(29)27-11-9-26(10-12-27)17-7-4-16(23)5-8-17/h3-8,13H,9-12H2,1-2H3. The first-order valence-corrected chi connectivity index (χ1v) is 9.80. The van der Waals surface area contributed by atoms with Gasteiger partial charge in [-0.2, -0.15) is 0 Å². The summed E-state index contributed by atoms with van der Waals surface area (Å²) in [5, 5.41) is 8.93. The number of hydrogen-bond acceptors (Lipinski definition) is 4. The SMILES string of the molecule is Cc1ccc(-n2nnc(C(=O)N3CCN(c4ccc(F)cc4)CC3)c2C)cc1Cl. The van der Waals surface area contributed by atoms with E-state index in [1.54, 1.807) is 21.7 Å². The quantitative estimate of drug-likeness (QED) is 0.657. The third-order valence-electron chi connectivity index (χ3n) is 5.26. The molecule has 1 aliphatic rings. The van der Waals surface area contributed by atoms with Gasteiger partial charge >= 0.3 is 0 Å². The van der Waals surface area contributed by atoms with E-state index in [4.69, 9.17) is 11.6 Å². The van der Waals surface area contributed by atoms with Gasteiger partial charge in [-0.1, -0.05) is 22.9 Å². The van der Waals surface area contributed by atoms with Crippen LogP contribution in [0.2, 0.25) is 5.02 Å². The molecule has 0 saturated carbocycles. The Morgan fingerprint density at radius 1 is 1.00 bits per heavy atom. The lowest BCUT2D eigenvalue weighted by molar-refractivity contribution is 0.0740. The van der Waals surface area contributed by atoms with Gasteiger partial charge in [0.2, 0.25) is 0 Å². The van der Waals surface area contributed by atoms with Crippen molar-refractivity contribution >= 4 is 23.2 Å². The molecule has 150 valence electrons. The van der Waals surface area contributed by atoms with Crippen molar-refractivity contribution in [2.75, 3.05) is 31.1 Å². The van der Waals surface area contributed by atoms with E-state index in [2.05, 4.69) is 15.2 Å². The van der Waals surface area contributed by atoms with Gasteiger partial charge in [0.05, 0.1) is 11.4 Å². The average molecular weight is 414 g/mol. The number of aromatic nitrogens is 3. The van der Waals surface area contributed by atoms with Crippen LogP contribution in [0, 0.1) is 19.7 Å². The number of rotatable bonds is 3. The van der Waals surface area contributed by atoms with Crippen molar-refractivity contribution in [1.29, 1.82) is 0 Å². The molecule has 1 fully saturated rings. The number of aryl methyl sites for hydroxylation is 1. The number of carbonyl (C=O) groups excluding carboxylic acids is 1. The van der Waals surface area contributed by atoms with E-state index in [0.717, 1.165) is 16.9 Å². The van der Waals surface area contributed by atoms with Crippen LogP contribution in [0.25, 0.3) is 5.69 Å². The Morgan fingerprint density at radius 3 is 2.31 bits per heavy atom. The Balaban J connectivity index is 1.47. The van der Waals surface area contributed by atoms with Crippen LogP contribution in [0.5, 0.6) is 0 Å². The number of halogens is 2. The van der Waals surface area contributed by atoms with Gasteiger partial charge < -0.3 is 9.80 Å². The van der Waals surface area contributed by atoms with Gasteiger partial charge in [0, 0.05) is 36.9 Å². The fourth-order valence-corrected chi connectivity index (χ4v) is 3.63. The number of amides is 1. The lowest BCUT2D eigenvalue weighted by Gasteiger charge is -2.35. The highest BCUT2D eigenvalue weighted by Crippen LogP contribution is 2.22. The van der Waals surface area contributed by atoms with Crippen molar-refractivity contribution in [3.8, 4) is 5.69 Å². The molecule has 4 rings (SSSR count). The highest BCUT2D eigenvalue weighted by Gasteiger charge is 2.26. The molecule has 0 bridgehead atoms. The number of nitrogens with zero attached hydrogens (tertiary/aromatic N) is 5. The van der Waals surface area contributed by atoms with E-state index in [9.17, 15) is 9.18 Å². The summed E-state index contributed by atoms with van der Waals surface area (Å²) in [6.07, 6.45) is 0. The minimum absolute atomic E-state index is 0.134. The van der Waals surface area contributed by atoms with Crippen molar-refractivity contribution < 1.29 is 9.18 Å². The third kappa shape index (κ3) is 3.82. The van der Waals surface area contributed by atoms with Crippen LogP contribution < -0.4 is 4.90 Å². The maximum absolute atomic E-state index is 13.1. The molecule has 0 aliphatic carbocycles. The molecule has 3 aromatic rings. The lowest BCUT2D eigenvalue weighted by atomic mass is 10.2. The molecule has 29 heavy (non-hydrogen) atoms. The minimum atomic E-state index is -0.254. The van der Waals surface area contributed by atoms with Gasteiger partial charge in [0.1, 0.15) is 5.82 Å². The summed E-state index contributed by atoms with van der Waals surface area (Å²) in [5.74, 6) is -0.387. The van der Waals surface area contributed by atoms with Crippen LogP contribution in [0.1, 0.15) is 21.7 Å². The molecule has 2 aromatic carbocycles. The zero-order valence-electron chi connectivity index (χ0n) is 16.3. The van der Waals surface area contributed by atoms with Crippen LogP contribution in [0.3, 0.4) is 0 Å². The molecule has 8 heteroatoms. The molecular formula is C21H21ClFN5O. The van der Waals surface area contributed by atoms with Crippen molar-refractivity contribution in [1.82, 2.24) is 19.9 Å². The molecule has 0 spiro atoms. The molecule has 6 nitrogen and oxygen atoms in total. The first kappa shape index (κ1) is 19.4. The fraction of sp³-hybridized carbons (Fsp3) is 0.286. The van der Waals surface area contributed by atoms with Crippen LogP contribution in [-0.4, -0.2) is 52.0 Å². The summed E-state index contributed by atoms with van der Waals surface area (Å²) < 4.78 is 14.8. The molecule has 0 unspecified atom stereocenters. The average Bonchev–Trinajstić information content (AvgIpc) is 3.11. The van der Waals surface area contributed by atoms with E-state index in [0.29, 0.717) is 42.6 Å². The Hall–Kier alpha value is -2.93. The highest BCUT2D eigenvalue weighted by molar-refractivity contribution is 6.31. The molecule has 1 aromatic heterocycles. The fourth-order valence-electron chi connectivity index (χ4n) is 3.45. The minimum Gasteiger partial charge on any atom is -0.368 e. The molecule has 2 heterocycles. The molecule has 0 atom stereocenters.